The lowest BCUT2D eigenvalue weighted by molar-refractivity contribution is -0.135. The molecule has 4 atom stereocenters. The van der Waals surface area contributed by atoms with Gasteiger partial charge in [-0.3, -0.25) is 9.59 Å². The van der Waals surface area contributed by atoms with E-state index in [2.05, 4.69) is 42.2 Å². The van der Waals surface area contributed by atoms with Crippen LogP contribution in [0.25, 0.3) is 22.0 Å². The van der Waals surface area contributed by atoms with Gasteiger partial charge in [0.25, 0.3) is 0 Å². The molecule has 16 heteroatoms. The monoisotopic (exact) mass is 820 g/mol. The number of alkyl carbamates (subject to hydrolysis) is 2. The molecule has 0 spiro atoms. The molecular weight excluding hydrogens is 771 g/mol. The van der Waals surface area contributed by atoms with Crippen LogP contribution in [0.15, 0.2) is 36.4 Å². The Kier molecular flexibility index (Phi) is 14.5. The fraction of sp³-hybridized carbons (Fsp3) is 0.463. The van der Waals surface area contributed by atoms with Crippen LogP contribution in [0.4, 0.5) is 9.59 Å². The van der Waals surface area contributed by atoms with Gasteiger partial charge in [0.2, 0.25) is 12.3 Å². The van der Waals surface area contributed by atoms with Crippen LogP contribution >= 0.6 is 23.2 Å². The first-order chi connectivity index (χ1) is 27.2. The van der Waals surface area contributed by atoms with Gasteiger partial charge in [-0.05, 0) is 79.3 Å². The molecule has 0 aliphatic carbocycles. The van der Waals surface area contributed by atoms with E-state index in [-0.39, 0.29) is 41.2 Å². The number of rotatable bonds is 9. The Hall–Kier alpha value is -5.26. The minimum absolute atomic E-state index is 0.0908. The number of hydrogen-bond donors (Lipinski definition) is 4. The van der Waals surface area contributed by atoms with Crippen LogP contribution in [-0.4, -0.2) is 93.6 Å². The molecule has 2 aliphatic heterocycles. The third-order valence-electron chi connectivity index (χ3n) is 10.3. The average molecular weight is 822 g/mol. The standard InChI is InChI=1S/C34H35Cl2N7O4.C7H15NO2/c1-19(2)27(39-34(46)47-3)33(45)43-15-5-7-26(43)32-37-24(29(35)40-32)13-9-20-8-10-22-17-23(12-11-21(22)16-20)28-30(36)41-31(38-28)25-6-4-14-42(25)18-44;1-5(2)6(3)8-7(9)10-4/h8,10-12,16-19,25-27H,4-7,14-15H2,1-3H3,(H,37,40)(H,38,41)(H,39,46);5-6H,1-4H3,(H,8,9)/t25-,26-,27-;/m0./s1. The Bertz CT molecular complexity index is 2140. The number of ether oxygens (including phenoxy) is 2. The summed E-state index contributed by atoms with van der Waals surface area (Å²) in [6.07, 6.45) is 3.15. The average Bonchev–Trinajstić information content (AvgIpc) is 4.02. The second-order valence-corrected chi connectivity index (χ2v) is 15.6. The van der Waals surface area contributed by atoms with E-state index >= 15 is 0 Å². The lowest BCUT2D eigenvalue weighted by Gasteiger charge is -2.29. The molecule has 0 radical (unpaired) electrons. The van der Waals surface area contributed by atoms with E-state index < -0.39 is 12.1 Å². The van der Waals surface area contributed by atoms with Crippen molar-refractivity contribution in [1.29, 1.82) is 0 Å². The van der Waals surface area contributed by atoms with Gasteiger partial charge in [-0.25, -0.2) is 19.6 Å². The van der Waals surface area contributed by atoms with Crippen molar-refractivity contribution in [3.05, 3.63) is 69.6 Å². The van der Waals surface area contributed by atoms with Gasteiger partial charge in [-0.1, -0.05) is 75.0 Å². The molecule has 2 fully saturated rings. The molecular formula is C41H50Cl2N8O6. The topological polar surface area (TPSA) is 175 Å². The lowest BCUT2D eigenvalue weighted by atomic mass is 10.0. The molecule has 2 aromatic heterocycles. The fourth-order valence-electron chi connectivity index (χ4n) is 6.75. The lowest BCUT2D eigenvalue weighted by Crippen LogP contribution is -2.51. The van der Waals surface area contributed by atoms with E-state index in [0.717, 1.165) is 47.6 Å². The highest BCUT2D eigenvalue weighted by Gasteiger charge is 2.38. The molecule has 2 aromatic carbocycles. The summed E-state index contributed by atoms with van der Waals surface area (Å²) in [6.45, 7) is 11.0. The molecule has 1 unspecified atom stereocenters. The van der Waals surface area contributed by atoms with Crippen molar-refractivity contribution >= 4 is 58.5 Å². The second kappa shape index (κ2) is 19.3. The van der Waals surface area contributed by atoms with Crippen LogP contribution in [0.5, 0.6) is 0 Å². The molecule has 6 rings (SSSR count). The van der Waals surface area contributed by atoms with E-state index in [4.69, 9.17) is 32.9 Å². The number of aromatic amines is 2. The van der Waals surface area contributed by atoms with Gasteiger partial charge in [0, 0.05) is 30.3 Å². The van der Waals surface area contributed by atoms with E-state index in [0.29, 0.717) is 53.6 Å². The van der Waals surface area contributed by atoms with Crippen molar-refractivity contribution < 1.29 is 28.7 Å². The molecule has 4 aromatic rings. The van der Waals surface area contributed by atoms with E-state index in [1.807, 2.05) is 71.0 Å². The van der Waals surface area contributed by atoms with Crippen molar-refractivity contribution in [3.8, 4) is 23.1 Å². The van der Waals surface area contributed by atoms with Crippen LogP contribution in [0.2, 0.25) is 10.3 Å². The Balaban J connectivity index is 0.000000548. The van der Waals surface area contributed by atoms with Gasteiger partial charge in [0.1, 0.15) is 34.2 Å². The van der Waals surface area contributed by atoms with Gasteiger partial charge in [-0.15, -0.1) is 0 Å². The summed E-state index contributed by atoms with van der Waals surface area (Å²) in [6, 6.07) is 11.0. The molecule has 4 amide bonds. The molecule has 4 N–H and O–H groups in total. The molecule has 14 nitrogen and oxygen atoms in total. The van der Waals surface area contributed by atoms with Crippen molar-refractivity contribution in [2.75, 3.05) is 27.3 Å². The number of carbonyl (C=O) groups excluding carboxylic acids is 4. The number of methoxy groups -OCH3 is 2. The van der Waals surface area contributed by atoms with Crippen LogP contribution < -0.4 is 10.6 Å². The van der Waals surface area contributed by atoms with Crippen LogP contribution in [0, 0.1) is 23.7 Å². The summed E-state index contributed by atoms with van der Waals surface area (Å²) < 4.78 is 9.14. The van der Waals surface area contributed by atoms with E-state index in [1.54, 1.807) is 9.80 Å². The highest BCUT2D eigenvalue weighted by atomic mass is 35.5. The third-order valence-corrected chi connectivity index (χ3v) is 10.9. The number of likely N-dealkylation sites (tertiary alicyclic amines) is 2. The minimum Gasteiger partial charge on any atom is -0.453 e. The maximum absolute atomic E-state index is 13.5. The number of fused-ring (bicyclic) bond motifs is 1. The third kappa shape index (κ3) is 10.4. The Morgan fingerprint density at radius 1 is 0.842 bits per heavy atom. The summed E-state index contributed by atoms with van der Waals surface area (Å²) in [5.74, 6) is 7.65. The van der Waals surface area contributed by atoms with Crippen LogP contribution in [0.1, 0.15) is 95.3 Å². The number of halogens is 2. The van der Waals surface area contributed by atoms with Gasteiger partial charge >= 0.3 is 12.2 Å². The summed E-state index contributed by atoms with van der Waals surface area (Å²) in [5, 5.41) is 7.99. The number of aromatic nitrogens is 4. The predicted molar refractivity (Wildman–Crippen MR) is 219 cm³/mol. The fourth-order valence-corrected chi connectivity index (χ4v) is 7.18. The quantitative estimate of drug-likeness (QED) is 0.1000. The van der Waals surface area contributed by atoms with Crippen LogP contribution in [0.3, 0.4) is 0 Å². The van der Waals surface area contributed by atoms with Crippen molar-refractivity contribution in [3.63, 3.8) is 0 Å². The highest BCUT2D eigenvalue weighted by Crippen LogP contribution is 2.35. The molecule has 0 bridgehead atoms. The predicted octanol–water partition coefficient (Wildman–Crippen LogP) is 7.38. The Morgan fingerprint density at radius 2 is 1.49 bits per heavy atom. The molecule has 57 heavy (non-hydrogen) atoms. The summed E-state index contributed by atoms with van der Waals surface area (Å²) >= 11 is 13.1. The zero-order valence-electron chi connectivity index (χ0n) is 33.2. The number of hydrogen-bond acceptors (Lipinski definition) is 8. The largest absolute Gasteiger partial charge is 0.453 e. The van der Waals surface area contributed by atoms with Gasteiger partial charge in [0.15, 0.2) is 5.15 Å². The number of imidazole rings is 2. The van der Waals surface area contributed by atoms with E-state index in [9.17, 15) is 19.2 Å². The number of nitrogens with one attached hydrogen (secondary N) is 4. The maximum Gasteiger partial charge on any atom is 0.407 e. The molecule has 2 aliphatic rings. The van der Waals surface area contributed by atoms with Crippen molar-refractivity contribution in [1.82, 2.24) is 40.4 Å². The SMILES string of the molecule is COC(=O)NC(C)C(C)C.COC(=O)N[C@H](C(=O)N1CCC[C@H]1c1nc(Cl)c(C#Cc2ccc3cc(-c4nc([C@@H]5CCCN5C=O)[nH]c4Cl)ccc3c2)[nH]1)C(C)C. The molecule has 4 heterocycles. The summed E-state index contributed by atoms with van der Waals surface area (Å²) in [7, 11) is 2.63. The zero-order valence-corrected chi connectivity index (χ0v) is 34.8. The number of amides is 4. The number of H-pyrrole nitrogens is 2. The number of benzene rings is 2. The van der Waals surface area contributed by atoms with Gasteiger partial charge in [0.05, 0.1) is 26.3 Å². The normalized spacial score (nSPS) is 17.4. The van der Waals surface area contributed by atoms with Crippen molar-refractivity contribution in [2.45, 2.75) is 84.5 Å². The summed E-state index contributed by atoms with van der Waals surface area (Å²) in [5.41, 5.74) is 2.77. The molecule has 304 valence electrons. The van der Waals surface area contributed by atoms with Crippen molar-refractivity contribution in [2.24, 2.45) is 11.8 Å². The van der Waals surface area contributed by atoms with Crippen LogP contribution in [-0.2, 0) is 19.1 Å². The minimum atomic E-state index is -0.725. The van der Waals surface area contributed by atoms with Gasteiger partial charge in [-0.2, -0.15) is 0 Å². The Labute approximate surface area is 342 Å². The number of nitrogens with zero attached hydrogens (tertiary/aromatic N) is 4. The highest BCUT2D eigenvalue weighted by molar-refractivity contribution is 6.32. The first-order valence-electron chi connectivity index (χ1n) is 19.0. The zero-order chi connectivity index (χ0) is 41.4. The summed E-state index contributed by atoms with van der Waals surface area (Å²) in [4.78, 5) is 66.5. The smallest absolute Gasteiger partial charge is 0.407 e. The molecule has 0 saturated carbocycles. The van der Waals surface area contributed by atoms with E-state index in [1.165, 1.54) is 14.2 Å². The Morgan fingerprint density at radius 3 is 2.18 bits per heavy atom. The second-order valence-electron chi connectivity index (χ2n) is 14.8. The van der Waals surface area contributed by atoms with Gasteiger partial charge < -0.3 is 39.9 Å². The first-order valence-corrected chi connectivity index (χ1v) is 19.8. The molecule has 2 saturated heterocycles. The first kappa shape index (κ1) is 42.9. The maximum atomic E-state index is 13.5. The number of carbonyl (C=O) groups is 4.